The summed E-state index contributed by atoms with van der Waals surface area (Å²) < 4.78 is 40.8. The topological polar surface area (TPSA) is 66.5 Å². The molecular formula is C17H17FN2O3S. The first-order valence-corrected chi connectivity index (χ1v) is 8.99. The monoisotopic (exact) mass is 348 g/mol. The van der Waals surface area contributed by atoms with Gasteiger partial charge in [-0.1, -0.05) is 29.8 Å². The average Bonchev–Trinajstić information content (AvgIpc) is 2.88. The number of benzene rings is 2. The van der Waals surface area contributed by atoms with Gasteiger partial charge in [0, 0.05) is 24.7 Å². The van der Waals surface area contributed by atoms with Gasteiger partial charge in [0.2, 0.25) is 15.9 Å². The number of hydrogen-bond donors (Lipinski definition) is 1. The lowest BCUT2D eigenvalue weighted by Crippen LogP contribution is -2.37. The molecule has 1 amide bonds. The van der Waals surface area contributed by atoms with Crippen molar-refractivity contribution >= 4 is 21.6 Å². The molecule has 7 heteroatoms. The molecule has 0 bridgehead atoms. The maximum atomic E-state index is 13.7. The van der Waals surface area contributed by atoms with Crippen LogP contribution in [0.3, 0.4) is 0 Å². The van der Waals surface area contributed by atoms with E-state index in [4.69, 9.17) is 0 Å². The van der Waals surface area contributed by atoms with Crippen LogP contribution in [0.15, 0.2) is 53.4 Å². The lowest BCUT2D eigenvalue weighted by molar-refractivity contribution is -0.117. The molecule has 1 fully saturated rings. The summed E-state index contributed by atoms with van der Waals surface area (Å²) in [5.41, 5.74) is 1.79. The predicted molar refractivity (Wildman–Crippen MR) is 88.7 cm³/mol. The van der Waals surface area contributed by atoms with Crippen molar-refractivity contribution in [2.75, 3.05) is 11.4 Å². The van der Waals surface area contributed by atoms with Crippen LogP contribution >= 0.6 is 0 Å². The zero-order chi connectivity index (χ0) is 17.3. The molecule has 1 N–H and O–H groups in total. The van der Waals surface area contributed by atoms with Crippen molar-refractivity contribution in [1.82, 2.24) is 4.72 Å². The van der Waals surface area contributed by atoms with Gasteiger partial charge in [0.25, 0.3) is 0 Å². The molecule has 0 aliphatic carbocycles. The van der Waals surface area contributed by atoms with E-state index in [1.54, 1.807) is 0 Å². The van der Waals surface area contributed by atoms with E-state index >= 15 is 0 Å². The van der Waals surface area contributed by atoms with E-state index in [0.717, 1.165) is 17.3 Å². The third-order valence-electron chi connectivity index (χ3n) is 3.92. The van der Waals surface area contributed by atoms with Crippen molar-refractivity contribution in [2.24, 2.45) is 0 Å². The predicted octanol–water partition coefficient (Wildman–Crippen LogP) is 2.22. The van der Waals surface area contributed by atoms with Crippen LogP contribution in [0.2, 0.25) is 0 Å². The molecule has 126 valence electrons. The lowest BCUT2D eigenvalue weighted by Gasteiger charge is -2.17. The minimum Gasteiger partial charge on any atom is -0.311 e. The number of halogens is 1. The number of carbonyl (C=O) groups is 1. The fourth-order valence-corrected chi connectivity index (χ4v) is 4.01. The minimum atomic E-state index is -4.01. The zero-order valence-electron chi connectivity index (χ0n) is 13.1. The van der Waals surface area contributed by atoms with E-state index in [2.05, 4.69) is 4.72 Å². The maximum absolute atomic E-state index is 13.7. The molecular weight excluding hydrogens is 331 g/mol. The number of sulfonamides is 1. The summed E-state index contributed by atoms with van der Waals surface area (Å²) in [6.07, 6.45) is 0.0432. The molecule has 2 aromatic carbocycles. The van der Waals surface area contributed by atoms with Gasteiger partial charge < -0.3 is 4.90 Å². The summed E-state index contributed by atoms with van der Waals surface area (Å²) in [4.78, 5) is 13.3. The van der Waals surface area contributed by atoms with E-state index in [9.17, 15) is 17.6 Å². The van der Waals surface area contributed by atoms with Gasteiger partial charge in [-0.05, 0) is 31.2 Å². The van der Waals surface area contributed by atoms with E-state index in [1.165, 1.54) is 23.1 Å². The summed E-state index contributed by atoms with van der Waals surface area (Å²) in [6, 6.07) is 12.0. The highest BCUT2D eigenvalue weighted by molar-refractivity contribution is 7.89. The second-order valence-electron chi connectivity index (χ2n) is 5.79. The molecule has 1 aliphatic heterocycles. The number of nitrogens with one attached hydrogen (secondary N) is 1. The molecule has 1 aliphatic rings. The van der Waals surface area contributed by atoms with Gasteiger partial charge in [-0.3, -0.25) is 4.79 Å². The SMILES string of the molecule is Cc1ccc(N2C[C@H](NS(=O)(=O)c3ccccc3F)CC2=O)cc1. The normalized spacial score (nSPS) is 18.2. The van der Waals surface area contributed by atoms with Crippen LogP contribution < -0.4 is 9.62 Å². The van der Waals surface area contributed by atoms with Crippen molar-refractivity contribution < 1.29 is 17.6 Å². The van der Waals surface area contributed by atoms with Crippen molar-refractivity contribution in [1.29, 1.82) is 0 Å². The molecule has 0 unspecified atom stereocenters. The molecule has 1 saturated heterocycles. The van der Waals surface area contributed by atoms with E-state index in [-0.39, 0.29) is 18.9 Å². The van der Waals surface area contributed by atoms with Gasteiger partial charge in [-0.2, -0.15) is 0 Å². The lowest BCUT2D eigenvalue weighted by atomic mass is 10.2. The third-order valence-corrected chi connectivity index (χ3v) is 5.47. The molecule has 0 aromatic heterocycles. The Morgan fingerprint density at radius 3 is 2.46 bits per heavy atom. The smallest absolute Gasteiger partial charge is 0.243 e. The number of hydrogen-bond acceptors (Lipinski definition) is 3. The van der Waals surface area contributed by atoms with Crippen LogP contribution in [0.4, 0.5) is 10.1 Å². The summed E-state index contributed by atoms with van der Waals surface area (Å²) in [5.74, 6) is -0.982. The summed E-state index contributed by atoms with van der Waals surface area (Å²) in [6.45, 7) is 2.16. The molecule has 0 spiro atoms. The third kappa shape index (κ3) is 3.32. The number of carbonyl (C=O) groups excluding carboxylic acids is 1. The van der Waals surface area contributed by atoms with Crippen LogP contribution in [0.5, 0.6) is 0 Å². The van der Waals surface area contributed by atoms with Crippen LogP contribution in [0.25, 0.3) is 0 Å². The Balaban J connectivity index is 1.77. The van der Waals surface area contributed by atoms with E-state index in [1.807, 2.05) is 31.2 Å². The molecule has 5 nitrogen and oxygen atoms in total. The second-order valence-corrected chi connectivity index (χ2v) is 7.48. The first-order valence-electron chi connectivity index (χ1n) is 7.51. The molecule has 0 radical (unpaired) electrons. The van der Waals surface area contributed by atoms with Gasteiger partial charge in [-0.15, -0.1) is 0 Å². The first-order chi connectivity index (χ1) is 11.4. The highest BCUT2D eigenvalue weighted by atomic mass is 32.2. The van der Waals surface area contributed by atoms with Gasteiger partial charge >= 0.3 is 0 Å². The van der Waals surface area contributed by atoms with Crippen molar-refractivity contribution in [3.8, 4) is 0 Å². The average molecular weight is 348 g/mol. The van der Waals surface area contributed by atoms with Crippen LogP contribution in [0, 0.1) is 12.7 Å². The van der Waals surface area contributed by atoms with Gasteiger partial charge in [-0.25, -0.2) is 17.5 Å². The van der Waals surface area contributed by atoms with Crippen LogP contribution in [0.1, 0.15) is 12.0 Å². The van der Waals surface area contributed by atoms with Crippen LogP contribution in [-0.4, -0.2) is 26.9 Å². The van der Waals surface area contributed by atoms with E-state index < -0.39 is 26.8 Å². The number of anilines is 1. The standard InChI is InChI=1S/C17H17FN2O3S/c1-12-6-8-14(9-7-12)20-11-13(10-17(20)21)19-24(22,23)16-5-3-2-4-15(16)18/h2-9,13,19H,10-11H2,1H3/t13-/m1/s1. The zero-order valence-corrected chi connectivity index (χ0v) is 13.9. The number of amides is 1. The molecule has 3 rings (SSSR count). The Hall–Kier alpha value is -2.25. The molecule has 2 aromatic rings. The minimum absolute atomic E-state index is 0.0432. The van der Waals surface area contributed by atoms with Gasteiger partial charge in [0.15, 0.2) is 0 Å². The Kier molecular flexibility index (Phi) is 4.38. The Morgan fingerprint density at radius 1 is 1.12 bits per heavy atom. The molecule has 0 saturated carbocycles. The number of rotatable bonds is 4. The largest absolute Gasteiger partial charge is 0.311 e. The molecule has 1 heterocycles. The second kappa shape index (κ2) is 6.33. The van der Waals surface area contributed by atoms with Crippen molar-refractivity contribution in [3.05, 3.63) is 59.9 Å². The molecule has 1 atom stereocenters. The fraction of sp³-hybridized carbons (Fsp3) is 0.235. The summed E-state index contributed by atoms with van der Waals surface area (Å²) in [7, 11) is -4.01. The van der Waals surface area contributed by atoms with Crippen molar-refractivity contribution in [3.63, 3.8) is 0 Å². The van der Waals surface area contributed by atoms with E-state index in [0.29, 0.717) is 0 Å². The summed E-state index contributed by atoms with van der Waals surface area (Å²) in [5, 5.41) is 0. The highest BCUT2D eigenvalue weighted by Crippen LogP contribution is 2.23. The Morgan fingerprint density at radius 2 is 1.79 bits per heavy atom. The molecule has 24 heavy (non-hydrogen) atoms. The maximum Gasteiger partial charge on any atom is 0.243 e. The Bertz CT molecular complexity index is 866. The number of nitrogens with zero attached hydrogens (tertiary/aromatic N) is 1. The summed E-state index contributed by atoms with van der Waals surface area (Å²) >= 11 is 0. The Labute approximate surface area is 140 Å². The van der Waals surface area contributed by atoms with Crippen LogP contribution in [-0.2, 0) is 14.8 Å². The van der Waals surface area contributed by atoms with Crippen molar-refractivity contribution in [2.45, 2.75) is 24.3 Å². The number of aryl methyl sites for hydroxylation is 1. The first kappa shape index (κ1) is 16.6. The van der Waals surface area contributed by atoms with Gasteiger partial charge in [0.05, 0.1) is 0 Å². The highest BCUT2D eigenvalue weighted by Gasteiger charge is 2.34. The fourth-order valence-electron chi connectivity index (χ4n) is 2.71. The quantitative estimate of drug-likeness (QED) is 0.921. The van der Waals surface area contributed by atoms with Gasteiger partial charge in [0.1, 0.15) is 10.7 Å².